The second kappa shape index (κ2) is 7.33. The van der Waals surface area contributed by atoms with Crippen LogP contribution in [0.1, 0.15) is 42.0 Å². The van der Waals surface area contributed by atoms with Crippen LogP contribution in [0.4, 0.5) is 0 Å². The fourth-order valence-electron chi connectivity index (χ4n) is 3.03. The Balaban J connectivity index is 2.10. The number of hydrogen-bond acceptors (Lipinski definition) is 2. The lowest BCUT2D eigenvalue weighted by molar-refractivity contribution is 0.670. The number of halogens is 1. The van der Waals surface area contributed by atoms with Gasteiger partial charge in [0.2, 0.25) is 0 Å². The van der Waals surface area contributed by atoms with Crippen molar-refractivity contribution in [1.82, 2.24) is 0 Å². The van der Waals surface area contributed by atoms with E-state index in [0.29, 0.717) is 12.6 Å². The van der Waals surface area contributed by atoms with Crippen LogP contribution in [0.3, 0.4) is 0 Å². The van der Waals surface area contributed by atoms with Crippen LogP contribution in [0.5, 0.6) is 0 Å². The minimum Gasteiger partial charge on any atom is -0.326 e. The molecule has 0 aromatic heterocycles. The van der Waals surface area contributed by atoms with E-state index in [-0.39, 0.29) is 0 Å². The van der Waals surface area contributed by atoms with Gasteiger partial charge >= 0.3 is 0 Å². The molecule has 2 aromatic rings. The Morgan fingerprint density at radius 1 is 1.12 bits per heavy atom. The summed E-state index contributed by atoms with van der Waals surface area (Å²) in [6.45, 7) is 4.78. The highest BCUT2D eigenvalue weighted by molar-refractivity contribution is 6.31. The summed E-state index contributed by atoms with van der Waals surface area (Å²) in [7, 11) is 0. The molecule has 0 aliphatic carbocycles. The molecule has 1 aliphatic rings. The molecule has 2 N–H and O–H groups in total. The van der Waals surface area contributed by atoms with Crippen LogP contribution in [-0.2, 0) is 6.54 Å². The summed E-state index contributed by atoms with van der Waals surface area (Å²) in [6.07, 6.45) is 4.01. The molecular formula is C21H23ClN2. The van der Waals surface area contributed by atoms with Crippen LogP contribution in [0.2, 0.25) is 5.02 Å². The van der Waals surface area contributed by atoms with Crippen LogP contribution in [0.15, 0.2) is 47.5 Å². The lowest BCUT2D eigenvalue weighted by Crippen LogP contribution is -2.11. The van der Waals surface area contributed by atoms with Gasteiger partial charge in [0.05, 0.1) is 6.04 Å². The SMILES string of the molecule is CCC1CC(c2ccc(C)c(Cl)c2)=C(c2ccc(CN)cc2)C=N1. The van der Waals surface area contributed by atoms with Crippen LogP contribution in [0.25, 0.3) is 11.1 Å². The average Bonchev–Trinajstić information content (AvgIpc) is 2.63. The Morgan fingerprint density at radius 3 is 2.46 bits per heavy atom. The van der Waals surface area contributed by atoms with Gasteiger partial charge in [0, 0.05) is 23.4 Å². The summed E-state index contributed by atoms with van der Waals surface area (Å²) in [5.41, 5.74) is 12.8. The Kier molecular flexibility index (Phi) is 5.17. The Labute approximate surface area is 149 Å². The Hall–Kier alpha value is -1.90. The molecule has 124 valence electrons. The molecular weight excluding hydrogens is 316 g/mol. The first-order valence-corrected chi connectivity index (χ1v) is 8.82. The van der Waals surface area contributed by atoms with E-state index in [4.69, 9.17) is 22.3 Å². The van der Waals surface area contributed by atoms with Crippen LogP contribution < -0.4 is 5.73 Å². The molecule has 0 amide bonds. The zero-order valence-electron chi connectivity index (χ0n) is 14.2. The summed E-state index contributed by atoms with van der Waals surface area (Å²) in [5.74, 6) is 0. The van der Waals surface area contributed by atoms with Crippen molar-refractivity contribution in [3.05, 3.63) is 69.7 Å². The molecule has 0 spiro atoms. The molecule has 1 unspecified atom stereocenters. The lowest BCUT2D eigenvalue weighted by Gasteiger charge is -2.22. The molecule has 2 aromatic carbocycles. The number of nitrogens with two attached hydrogens (primary N) is 1. The molecule has 3 heteroatoms. The topological polar surface area (TPSA) is 38.4 Å². The second-order valence-electron chi connectivity index (χ2n) is 6.30. The van der Waals surface area contributed by atoms with E-state index in [1.807, 2.05) is 13.1 Å². The van der Waals surface area contributed by atoms with Crippen molar-refractivity contribution in [2.75, 3.05) is 0 Å². The maximum absolute atomic E-state index is 6.37. The zero-order valence-corrected chi connectivity index (χ0v) is 15.0. The highest BCUT2D eigenvalue weighted by Gasteiger charge is 2.19. The van der Waals surface area contributed by atoms with Crippen molar-refractivity contribution in [2.24, 2.45) is 10.7 Å². The first-order valence-electron chi connectivity index (χ1n) is 8.44. The standard InChI is InChI=1S/C21H23ClN2/c1-3-18-11-19(17-7-4-14(2)21(22)10-17)20(13-24-18)16-8-5-15(12-23)6-9-16/h4-10,13,18H,3,11-12,23H2,1-2H3. The smallest absolute Gasteiger partial charge is 0.0538 e. The molecule has 1 aliphatic heterocycles. The molecule has 1 atom stereocenters. The van der Waals surface area contributed by atoms with Gasteiger partial charge in [0.1, 0.15) is 0 Å². The molecule has 1 heterocycles. The number of rotatable bonds is 4. The molecule has 0 bridgehead atoms. The van der Waals surface area contributed by atoms with Crippen LogP contribution >= 0.6 is 11.6 Å². The first kappa shape index (κ1) is 16.9. The third-order valence-corrected chi connectivity index (χ3v) is 5.08. The van der Waals surface area contributed by atoms with Gasteiger partial charge in [-0.25, -0.2) is 0 Å². The van der Waals surface area contributed by atoms with E-state index in [9.17, 15) is 0 Å². The van der Waals surface area contributed by atoms with E-state index in [0.717, 1.165) is 29.0 Å². The highest BCUT2D eigenvalue weighted by Crippen LogP contribution is 2.35. The maximum atomic E-state index is 6.37. The quantitative estimate of drug-likeness (QED) is 0.810. The Bertz CT molecular complexity index is 788. The summed E-state index contributed by atoms with van der Waals surface area (Å²) >= 11 is 6.37. The number of nitrogens with zero attached hydrogens (tertiary/aromatic N) is 1. The molecule has 0 radical (unpaired) electrons. The van der Waals surface area contributed by atoms with Gasteiger partial charge in [0.25, 0.3) is 0 Å². The maximum Gasteiger partial charge on any atom is 0.0538 e. The largest absolute Gasteiger partial charge is 0.326 e. The van der Waals surface area contributed by atoms with Gasteiger partial charge in [-0.05, 0) is 53.7 Å². The van der Waals surface area contributed by atoms with Gasteiger partial charge < -0.3 is 5.73 Å². The fraction of sp³-hybridized carbons (Fsp3) is 0.286. The normalized spacial score (nSPS) is 17.4. The summed E-state index contributed by atoms with van der Waals surface area (Å²) < 4.78 is 0. The van der Waals surface area contributed by atoms with Crippen molar-refractivity contribution < 1.29 is 0 Å². The third kappa shape index (κ3) is 3.45. The van der Waals surface area contributed by atoms with Gasteiger partial charge in [-0.1, -0.05) is 54.9 Å². The van der Waals surface area contributed by atoms with E-state index in [1.54, 1.807) is 0 Å². The molecule has 0 saturated heterocycles. The van der Waals surface area contributed by atoms with Crippen molar-refractivity contribution in [2.45, 2.75) is 39.3 Å². The van der Waals surface area contributed by atoms with Gasteiger partial charge in [-0.3, -0.25) is 4.99 Å². The number of hydrogen-bond donors (Lipinski definition) is 1. The summed E-state index contributed by atoms with van der Waals surface area (Å²) in [5, 5.41) is 0.813. The molecule has 3 rings (SSSR count). The Morgan fingerprint density at radius 2 is 1.83 bits per heavy atom. The minimum absolute atomic E-state index is 0.340. The molecule has 0 saturated carbocycles. The van der Waals surface area contributed by atoms with Gasteiger partial charge in [-0.2, -0.15) is 0 Å². The zero-order chi connectivity index (χ0) is 17.1. The van der Waals surface area contributed by atoms with Crippen molar-refractivity contribution in [3.8, 4) is 0 Å². The summed E-state index contributed by atoms with van der Waals surface area (Å²) in [6, 6.07) is 15.1. The fourth-order valence-corrected chi connectivity index (χ4v) is 3.21. The first-order chi connectivity index (χ1) is 11.6. The molecule has 0 fully saturated rings. The lowest BCUT2D eigenvalue weighted by atomic mass is 9.87. The van der Waals surface area contributed by atoms with Crippen molar-refractivity contribution >= 4 is 29.0 Å². The van der Waals surface area contributed by atoms with Crippen LogP contribution in [-0.4, -0.2) is 12.3 Å². The second-order valence-corrected chi connectivity index (χ2v) is 6.71. The predicted molar refractivity (Wildman–Crippen MR) is 105 cm³/mol. The van der Waals surface area contributed by atoms with E-state index in [2.05, 4.69) is 49.4 Å². The highest BCUT2D eigenvalue weighted by atomic mass is 35.5. The van der Waals surface area contributed by atoms with E-state index >= 15 is 0 Å². The predicted octanol–water partition coefficient (Wildman–Crippen LogP) is 5.27. The minimum atomic E-state index is 0.340. The summed E-state index contributed by atoms with van der Waals surface area (Å²) in [4.78, 5) is 4.72. The molecule has 24 heavy (non-hydrogen) atoms. The van der Waals surface area contributed by atoms with Gasteiger partial charge in [0.15, 0.2) is 0 Å². The number of allylic oxidation sites excluding steroid dienone is 1. The van der Waals surface area contributed by atoms with Gasteiger partial charge in [-0.15, -0.1) is 0 Å². The number of dihydropyridines is 1. The van der Waals surface area contributed by atoms with E-state index < -0.39 is 0 Å². The molecule has 2 nitrogen and oxygen atoms in total. The monoisotopic (exact) mass is 338 g/mol. The van der Waals surface area contributed by atoms with Crippen LogP contribution in [0, 0.1) is 6.92 Å². The van der Waals surface area contributed by atoms with Crippen molar-refractivity contribution in [3.63, 3.8) is 0 Å². The van der Waals surface area contributed by atoms with E-state index in [1.165, 1.54) is 22.3 Å². The number of benzene rings is 2. The van der Waals surface area contributed by atoms with Crippen molar-refractivity contribution in [1.29, 1.82) is 0 Å². The average molecular weight is 339 g/mol. The number of aliphatic imine (C=N–C) groups is 1. The number of aryl methyl sites for hydroxylation is 1. The third-order valence-electron chi connectivity index (χ3n) is 4.67.